The summed E-state index contributed by atoms with van der Waals surface area (Å²) in [5.41, 5.74) is 2.74. The van der Waals surface area contributed by atoms with Crippen molar-refractivity contribution >= 4 is 32.7 Å². The van der Waals surface area contributed by atoms with Gasteiger partial charge < -0.3 is 10.4 Å². The lowest BCUT2D eigenvalue weighted by atomic mass is 9.89. The maximum Gasteiger partial charge on any atom is 0.112 e. The summed E-state index contributed by atoms with van der Waals surface area (Å²) in [6, 6.07) is 3.88. The number of fused-ring (bicyclic) bond motifs is 1. The average Bonchev–Trinajstić information content (AvgIpc) is 2.36. The van der Waals surface area contributed by atoms with Crippen LogP contribution in [0.15, 0.2) is 29.0 Å². The van der Waals surface area contributed by atoms with Crippen molar-refractivity contribution in [2.24, 2.45) is 5.41 Å². The minimum absolute atomic E-state index is 0.0414. The molecular weight excluding hydrogens is 306 g/mol. The Morgan fingerprint density at radius 3 is 2.89 bits per heavy atom. The second-order valence-corrected chi connectivity index (χ2v) is 6.29. The molecule has 0 aliphatic carbocycles. The van der Waals surface area contributed by atoms with Crippen LogP contribution in [0.4, 0.5) is 5.69 Å². The number of aromatic nitrogens is 2. The van der Waals surface area contributed by atoms with Gasteiger partial charge in [0.1, 0.15) is 5.52 Å². The first-order valence-corrected chi connectivity index (χ1v) is 7.06. The van der Waals surface area contributed by atoms with Crippen LogP contribution in [0.25, 0.3) is 11.0 Å². The van der Waals surface area contributed by atoms with E-state index in [1.807, 2.05) is 12.1 Å². The van der Waals surface area contributed by atoms with Gasteiger partial charge in [-0.2, -0.15) is 0 Å². The van der Waals surface area contributed by atoms with Gasteiger partial charge in [-0.05, 0) is 39.9 Å². The Bertz CT molecular complexity index is 572. The van der Waals surface area contributed by atoms with Crippen molar-refractivity contribution in [2.45, 2.75) is 20.3 Å². The first-order chi connectivity index (χ1) is 9.02. The van der Waals surface area contributed by atoms with Crippen molar-refractivity contribution in [3.63, 3.8) is 0 Å². The summed E-state index contributed by atoms with van der Waals surface area (Å²) in [7, 11) is 0. The number of hydrogen-bond acceptors (Lipinski definition) is 4. The van der Waals surface area contributed by atoms with Crippen molar-refractivity contribution < 1.29 is 5.11 Å². The van der Waals surface area contributed by atoms with Crippen LogP contribution in [-0.2, 0) is 0 Å². The number of halogens is 1. The van der Waals surface area contributed by atoms with Gasteiger partial charge in [-0.1, -0.05) is 13.8 Å². The van der Waals surface area contributed by atoms with Gasteiger partial charge in [0.05, 0.1) is 11.2 Å². The minimum atomic E-state index is 0.0414. The molecule has 19 heavy (non-hydrogen) atoms. The molecule has 4 nitrogen and oxygen atoms in total. The van der Waals surface area contributed by atoms with E-state index in [0.29, 0.717) is 0 Å². The average molecular weight is 324 g/mol. The van der Waals surface area contributed by atoms with Crippen molar-refractivity contribution in [2.75, 3.05) is 18.5 Å². The lowest BCUT2D eigenvalue weighted by Crippen LogP contribution is -2.24. The Morgan fingerprint density at radius 1 is 1.37 bits per heavy atom. The number of nitrogens with one attached hydrogen (secondary N) is 1. The number of rotatable bonds is 5. The quantitative estimate of drug-likeness (QED) is 0.887. The van der Waals surface area contributed by atoms with E-state index in [1.54, 1.807) is 12.4 Å². The molecule has 0 atom stereocenters. The van der Waals surface area contributed by atoms with Gasteiger partial charge in [0.15, 0.2) is 0 Å². The number of aliphatic hydroxyl groups is 1. The van der Waals surface area contributed by atoms with E-state index < -0.39 is 0 Å². The van der Waals surface area contributed by atoms with Crippen LogP contribution < -0.4 is 5.32 Å². The highest BCUT2D eigenvalue weighted by atomic mass is 79.9. The fourth-order valence-electron chi connectivity index (χ4n) is 1.87. The van der Waals surface area contributed by atoms with E-state index in [0.717, 1.165) is 34.2 Å². The first kappa shape index (κ1) is 14.2. The predicted octanol–water partition coefficient (Wildman–Crippen LogP) is 3.21. The summed E-state index contributed by atoms with van der Waals surface area (Å²) in [5, 5.41) is 12.4. The second kappa shape index (κ2) is 5.84. The number of pyridine rings is 2. The summed E-state index contributed by atoms with van der Waals surface area (Å²) >= 11 is 3.40. The number of aliphatic hydroxyl groups excluding tert-OH is 1. The number of anilines is 1. The molecule has 0 aromatic carbocycles. The van der Waals surface area contributed by atoms with Crippen LogP contribution in [-0.4, -0.2) is 28.2 Å². The molecule has 2 rings (SSSR count). The number of hydrogen-bond donors (Lipinski definition) is 2. The summed E-state index contributed by atoms with van der Waals surface area (Å²) in [6.45, 7) is 5.24. The normalized spacial score (nSPS) is 11.8. The Labute approximate surface area is 121 Å². The minimum Gasteiger partial charge on any atom is -0.396 e. The molecular formula is C14H18BrN3O. The van der Waals surface area contributed by atoms with Crippen LogP contribution in [0, 0.1) is 5.41 Å². The molecule has 0 bridgehead atoms. The van der Waals surface area contributed by atoms with Crippen LogP contribution in [0.2, 0.25) is 0 Å². The molecule has 0 saturated heterocycles. The molecule has 0 amide bonds. The third-order valence-corrected chi connectivity index (χ3v) is 3.52. The van der Waals surface area contributed by atoms with E-state index in [9.17, 15) is 0 Å². The van der Waals surface area contributed by atoms with Crippen molar-refractivity contribution in [3.05, 3.63) is 29.0 Å². The van der Waals surface area contributed by atoms with Gasteiger partial charge in [0.2, 0.25) is 0 Å². The maximum absolute atomic E-state index is 9.05. The van der Waals surface area contributed by atoms with Gasteiger partial charge >= 0.3 is 0 Å². The van der Waals surface area contributed by atoms with Crippen molar-refractivity contribution in [1.82, 2.24) is 9.97 Å². The highest BCUT2D eigenvalue weighted by molar-refractivity contribution is 9.10. The van der Waals surface area contributed by atoms with Crippen molar-refractivity contribution in [3.8, 4) is 0 Å². The summed E-state index contributed by atoms with van der Waals surface area (Å²) in [6.07, 6.45) is 4.31. The molecule has 0 spiro atoms. The molecule has 0 aliphatic rings. The van der Waals surface area contributed by atoms with Crippen LogP contribution in [0.3, 0.4) is 0 Å². The second-order valence-electron chi connectivity index (χ2n) is 5.37. The standard InChI is InChI=1S/C14H18BrN3O/c1-14(2,4-6-19)9-18-11-3-5-16-12-7-10(15)8-17-13(11)12/h3,5,7-8,19H,4,6,9H2,1-2H3,(H,16,18). The summed E-state index contributed by atoms with van der Waals surface area (Å²) in [5.74, 6) is 0. The Kier molecular flexibility index (Phi) is 4.37. The Morgan fingerprint density at radius 2 is 2.16 bits per heavy atom. The van der Waals surface area contributed by atoms with E-state index >= 15 is 0 Å². The molecule has 102 valence electrons. The third kappa shape index (κ3) is 3.64. The van der Waals surface area contributed by atoms with E-state index in [2.05, 4.69) is 45.1 Å². The molecule has 2 heterocycles. The molecule has 2 aromatic heterocycles. The van der Waals surface area contributed by atoms with E-state index in [1.165, 1.54) is 0 Å². The lowest BCUT2D eigenvalue weighted by Gasteiger charge is -2.24. The zero-order valence-corrected chi connectivity index (χ0v) is 12.7. The van der Waals surface area contributed by atoms with E-state index in [-0.39, 0.29) is 12.0 Å². The van der Waals surface area contributed by atoms with E-state index in [4.69, 9.17) is 5.11 Å². The molecule has 0 radical (unpaired) electrons. The SMILES string of the molecule is CC(C)(CCO)CNc1ccnc2cc(Br)cnc12. The lowest BCUT2D eigenvalue weighted by molar-refractivity contribution is 0.220. The highest BCUT2D eigenvalue weighted by Crippen LogP contribution is 2.25. The largest absolute Gasteiger partial charge is 0.396 e. The van der Waals surface area contributed by atoms with Crippen LogP contribution >= 0.6 is 15.9 Å². The Balaban J connectivity index is 2.21. The monoisotopic (exact) mass is 323 g/mol. The molecule has 2 aromatic rings. The van der Waals surface area contributed by atoms with Gasteiger partial charge in [0, 0.05) is 30.0 Å². The van der Waals surface area contributed by atoms with Gasteiger partial charge in [0.25, 0.3) is 0 Å². The van der Waals surface area contributed by atoms with Gasteiger partial charge in [-0.3, -0.25) is 9.97 Å². The fraction of sp³-hybridized carbons (Fsp3) is 0.429. The summed E-state index contributed by atoms with van der Waals surface area (Å²) in [4.78, 5) is 8.72. The maximum atomic E-state index is 9.05. The van der Waals surface area contributed by atoms with Crippen molar-refractivity contribution in [1.29, 1.82) is 0 Å². The molecule has 0 fully saturated rings. The van der Waals surface area contributed by atoms with Gasteiger partial charge in [-0.25, -0.2) is 0 Å². The molecule has 5 heteroatoms. The van der Waals surface area contributed by atoms with Crippen LogP contribution in [0.1, 0.15) is 20.3 Å². The first-order valence-electron chi connectivity index (χ1n) is 6.27. The Hall–Kier alpha value is -1.20. The smallest absolute Gasteiger partial charge is 0.112 e. The van der Waals surface area contributed by atoms with Gasteiger partial charge in [-0.15, -0.1) is 0 Å². The zero-order valence-electron chi connectivity index (χ0n) is 11.2. The third-order valence-electron chi connectivity index (χ3n) is 3.09. The molecule has 0 saturated carbocycles. The highest BCUT2D eigenvalue weighted by Gasteiger charge is 2.17. The molecule has 0 aliphatic heterocycles. The predicted molar refractivity (Wildman–Crippen MR) is 81.2 cm³/mol. The molecule has 0 unspecified atom stereocenters. The topological polar surface area (TPSA) is 58.0 Å². The van der Waals surface area contributed by atoms with Crippen LogP contribution in [0.5, 0.6) is 0 Å². The zero-order chi connectivity index (χ0) is 13.9. The summed E-state index contributed by atoms with van der Waals surface area (Å²) < 4.78 is 0.922. The number of nitrogens with zero attached hydrogens (tertiary/aromatic N) is 2. The molecule has 2 N–H and O–H groups in total. The fourth-order valence-corrected chi connectivity index (χ4v) is 2.19.